The van der Waals surface area contributed by atoms with Crippen LogP contribution >= 0.6 is 0 Å². The smallest absolute Gasteiger partial charge is 0.307 e. The molecule has 0 amide bonds. The number of carboxylic acid groups (broad SMARTS) is 1. The highest BCUT2D eigenvalue weighted by molar-refractivity contribution is 5.95. The Morgan fingerprint density at radius 3 is 3.00 bits per heavy atom. The van der Waals surface area contributed by atoms with E-state index in [1.165, 1.54) is 0 Å². The number of aromatic nitrogens is 1. The molecule has 2 N–H and O–H groups in total. The summed E-state index contributed by atoms with van der Waals surface area (Å²) in [4.78, 5) is 27.7. The summed E-state index contributed by atoms with van der Waals surface area (Å²) in [6.45, 7) is 2.10. The predicted octanol–water partition coefficient (Wildman–Crippen LogP) is 1.38. The number of rotatable bonds is 5. The Bertz CT molecular complexity index is 414. The number of carbonyl (C=O) groups excluding carboxylic acids is 1. The van der Waals surface area contributed by atoms with Gasteiger partial charge in [0.15, 0.2) is 5.78 Å². The van der Waals surface area contributed by atoms with Crippen molar-refractivity contribution in [3.05, 3.63) is 24.0 Å². The number of carbonyl (C=O) groups is 2. The van der Waals surface area contributed by atoms with E-state index in [4.69, 9.17) is 5.11 Å². The molecule has 0 spiro atoms. The molecule has 2 heterocycles. The highest BCUT2D eigenvalue weighted by Gasteiger charge is 2.25. The summed E-state index contributed by atoms with van der Waals surface area (Å²) in [5, 5.41) is 8.99. The fourth-order valence-electron chi connectivity index (χ4n) is 2.36. The Morgan fingerprint density at radius 1 is 1.50 bits per heavy atom. The minimum atomic E-state index is -0.725. The van der Waals surface area contributed by atoms with Gasteiger partial charge in [0.05, 0.1) is 5.92 Å². The van der Waals surface area contributed by atoms with Gasteiger partial charge < -0.3 is 15.0 Å². The van der Waals surface area contributed by atoms with Gasteiger partial charge in [0.25, 0.3) is 0 Å². The van der Waals surface area contributed by atoms with Crippen molar-refractivity contribution in [1.82, 2.24) is 9.88 Å². The zero-order chi connectivity index (χ0) is 13.0. The topological polar surface area (TPSA) is 73.4 Å². The van der Waals surface area contributed by atoms with Crippen LogP contribution in [0.4, 0.5) is 0 Å². The van der Waals surface area contributed by atoms with Gasteiger partial charge in [0.2, 0.25) is 0 Å². The van der Waals surface area contributed by atoms with Crippen LogP contribution in [-0.2, 0) is 4.79 Å². The number of piperidine rings is 1. The third kappa shape index (κ3) is 3.20. The summed E-state index contributed by atoms with van der Waals surface area (Å²) < 4.78 is 0. The number of nitrogens with one attached hydrogen (secondary N) is 1. The zero-order valence-corrected chi connectivity index (χ0v) is 10.3. The normalized spacial score (nSPS) is 20.8. The van der Waals surface area contributed by atoms with E-state index in [-0.39, 0.29) is 11.7 Å². The summed E-state index contributed by atoms with van der Waals surface area (Å²) in [5.41, 5.74) is 0.696. The van der Waals surface area contributed by atoms with Crippen LogP contribution in [0.5, 0.6) is 0 Å². The molecule has 98 valence electrons. The lowest BCUT2D eigenvalue weighted by Crippen LogP contribution is -2.39. The molecule has 1 aromatic heterocycles. The molecule has 1 unspecified atom stereocenters. The zero-order valence-electron chi connectivity index (χ0n) is 10.3. The van der Waals surface area contributed by atoms with Gasteiger partial charge in [-0.2, -0.15) is 0 Å². The first-order valence-electron chi connectivity index (χ1n) is 6.28. The number of aliphatic carboxylic acids is 1. The van der Waals surface area contributed by atoms with E-state index in [1.807, 2.05) is 0 Å². The van der Waals surface area contributed by atoms with E-state index < -0.39 is 5.97 Å². The third-order valence-electron chi connectivity index (χ3n) is 3.43. The Morgan fingerprint density at radius 2 is 2.33 bits per heavy atom. The molecule has 18 heavy (non-hydrogen) atoms. The van der Waals surface area contributed by atoms with Gasteiger partial charge in [0.1, 0.15) is 0 Å². The molecule has 5 nitrogen and oxygen atoms in total. The maximum atomic E-state index is 11.8. The van der Waals surface area contributed by atoms with Crippen LogP contribution in [0.2, 0.25) is 0 Å². The summed E-state index contributed by atoms with van der Waals surface area (Å²) >= 11 is 0. The lowest BCUT2D eigenvalue weighted by atomic mass is 9.98. The van der Waals surface area contributed by atoms with Gasteiger partial charge in [-0.05, 0) is 25.5 Å². The van der Waals surface area contributed by atoms with Gasteiger partial charge in [-0.3, -0.25) is 9.59 Å². The van der Waals surface area contributed by atoms with Crippen LogP contribution in [0.15, 0.2) is 18.5 Å². The van der Waals surface area contributed by atoms with Gasteiger partial charge in [-0.25, -0.2) is 0 Å². The van der Waals surface area contributed by atoms with Gasteiger partial charge >= 0.3 is 5.97 Å². The molecule has 0 bridgehead atoms. The molecule has 0 aromatic carbocycles. The van der Waals surface area contributed by atoms with Crippen LogP contribution in [0.3, 0.4) is 0 Å². The molecular weight excluding hydrogens is 232 g/mol. The quantitative estimate of drug-likeness (QED) is 0.774. The second-order valence-corrected chi connectivity index (χ2v) is 4.75. The number of Topliss-reactive ketones (excluding diaryl/α,β-unsaturated/α-hetero) is 1. The fourth-order valence-corrected chi connectivity index (χ4v) is 2.36. The number of H-pyrrole nitrogens is 1. The van der Waals surface area contributed by atoms with Crippen molar-refractivity contribution in [1.29, 1.82) is 0 Å². The highest BCUT2D eigenvalue weighted by Crippen LogP contribution is 2.17. The molecule has 1 saturated heterocycles. The van der Waals surface area contributed by atoms with E-state index in [9.17, 15) is 9.59 Å². The van der Waals surface area contributed by atoms with Crippen molar-refractivity contribution in [3.63, 3.8) is 0 Å². The third-order valence-corrected chi connectivity index (χ3v) is 3.43. The number of nitrogens with zero attached hydrogens (tertiary/aromatic N) is 1. The Hall–Kier alpha value is -1.62. The lowest BCUT2D eigenvalue weighted by Gasteiger charge is -2.30. The largest absolute Gasteiger partial charge is 0.481 e. The molecule has 1 atom stereocenters. The van der Waals surface area contributed by atoms with Crippen molar-refractivity contribution in [2.24, 2.45) is 5.92 Å². The SMILES string of the molecule is O=C(CCN1CCCC(C(=O)O)C1)c1cc[nH]c1. The predicted molar refractivity (Wildman–Crippen MR) is 66.5 cm³/mol. The second-order valence-electron chi connectivity index (χ2n) is 4.75. The van der Waals surface area contributed by atoms with Crippen molar-refractivity contribution in [2.75, 3.05) is 19.6 Å². The first kappa shape index (κ1) is 12.8. The number of carboxylic acids is 1. The molecule has 1 aliphatic heterocycles. The molecule has 0 aliphatic carbocycles. The highest BCUT2D eigenvalue weighted by atomic mass is 16.4. The van der Waals surface area contributed by atoms with E-state index in [1.54, 1.807) is 18.5 Å². The van der Waals surface area contributed by atoms with Crippen LogP contribution < -0.4 is 0 Å². The molecule has 1 fully saturated rings. The number of aromatic amines is 1. The van der Waals surface area contributed by atoms with Crippen molar-refractivity contribution < 1.29 is 14.7 Å². The molecular formula is C13H18N2O3. The number of likely N-dealkylation sites (tertiary alicyclic amines) is 1. The Balaban J connectivity index is 1.80. The monoisotopic (exact) mass is 250 g/mol. The Labute approximate surface area is 106 Å². The average Bonchev–Trinajstić information content (AvgIpc) is 2.90. The minimum Gasteiger partial charge on any atom is -0.481 e. The summed E-state index contributed by atoms with van der Waals surface area (Å²) in [7, 11) is 0. The first-order chi connectivity index (χ1) is 8.66. The molecule has 0 radical (unpaired) electrons. The Kier molecular flexibility index (Phi) is 4.15. The van der Waals surface area contributed by atoms with Gasteiger partial charge in [-0.15, -0.1) is 0 Å². The summed E-state index contributed by atoms with van der Waals surface area (Å²) in [5.74, 6) is -0.897. The van der Waals surface area contributed by atoms with Gasteiger partial charge in [-0.1, -0.05) is 0 Å². The fraction of sp³-hybridized carbons (Fsp3) is 0.538. The first-order valence-corrected chi connectivity index (χ1v) is 6.28. The number of hydrogen-bond donors (Lipinski definition) is 2. The van der Waals surface area contributed by atoms with E-state index in [0.717, 1.165) is 19.4 Å². The van der Waals surface area contributed by atoms with E-state index >= 15 is 0 Å². The molecule has 0 saturated carbocycles. The van der Waals surface area contributed by atoms with Crippen LogP contribution in [0.25, 0.3) is 0 Å². The molecule has 1 aliphatic rings. The van der Waals surface area contributed by atoms with E-state index in [0.29, 0.717) is 25.1 Å². The van der Waals surface area contributed by atoms with Crippen LogP contribution in [-0.4, -0.2) is 46.4 Å². The van der Waals surface area contributed by atoms with E-state index in [2.05, 4.69) is 9.88 Å². The summed E-state index contributed by atoms with van der Waals surface area (Å²) in [6.07, 6.45) is 5.52. The average molecular weight is 250 g/mol. The van der Waals surface area contributed by atoms with Crippen molar-refractivity contribution >= 4 is 11.8 Å². The maximum absolute atomic E-state index is 11.8. The second kappa shape index (κ2) is 5.82. The molecule has 5 heteroatoms. The number of ketones is 1. The van der Waals surface area contributed by atoms with Crippen molar-refractivity contribution in [2.45, 2.75) is 19.3 Å². The summed E-state index contributed by atoms with van der Waals surface area (Å²) in [6, 6.07) is 1.76. The van der Waals surface area contributed by atoms with Gasteiger partial charge in [0, 0.05) is 37.5 Å². The van der Waals surface area contributed by atoms with Crippen molar-refractivity contribution in [3.8, 4) is 0 Å². The maximum Gasteiger partial charge on any atom is 0.307 e. The minimum absolute atomic E-state index is 0.105. The molecule has 2 rings (SSSR count). The van der Waals surface area contributed by atoms with Crippen LogP contribution in [0.1, 0.15) is 29.6 Å². The molecule has 1 aromatic rings. The standard InChI is InChI=1S/C13H18N2O3/c16-12(10-3-5-14-8-10)4-7-15-6-1-2-11(9-15)13(17)18/h3,5,8,11,14H,1-2,4,6-7,9H2,(H,17,18). The lowest BCUT2D eigenvalue weighted by molar-refractivity contribution is -0.143. The number of hydrogen-bond acceptors (Lipinski definition) is 3. The van der Waals surface area contributed by atoms with Crippen LogP contribution in [0, 0.1) is 5.92 Å².